The minimum atomic E-state index is -0.0472. The SMILES string of the molecule is CCCCN(C(=O)Cc1ccccc1)c1nnc(-c2cc(C)c(OC)c(C)c2)s1.CCCCN(C(=O)c1ccc2ccccc2c1)c1nnc(-c2cc(C)c(OC)c(C)c2)s1. The summed E-state index contributed by atoms with van der Waals surface area (Å²) >= 11 is 2.90. The molecule has 0 aliphatic heterocycles. The average molecular weight is 855 g/mol. The van der Waals surface area contributed by atoms with Crippen molar-refractivity contribution in [2.45, 2.75) is 73.6 Å². The second kappa shape index (κ2) is 21.0. The van der Waals surface area contributed by atoms with E-state index in [1.165, 1.54) is 22.7 Å². The summed E-state index contributed by atoms with van der Waals surface area (Å²) in [6, 6.07) is 31.9. The van der Waals surface area contributed by atoms with E-state index in [1.807, 2.05) is 100 Å². The van der Waals surface area contributed by atoms with E-state index < -0.39 is 0 Å². The van der Waals surface area contributed by atoms with E-state index in [0.717, 1.165) is 96.9 Å². The number of ether oxygens (including phenoxy) is 2. The molecule has 0 saturated heterocycles. The van der Waals surface area contributed by atoms with Crippen molar-refractivity contribution < 1.29 is 19.1 Å². The van der Waals surface area contributed by atoms with Crippen molar-refractivity contribution in [3.63, 3.8) is 0 Å². The van der Waals surface area contributed by atoms with Crippen molar-refractivity contribution in [2.24, 2.45) is 0 Å². The Hall–Kier alpha value is -5.98. The van der Waals surface area contributed by atoms with Gasteiger partial charge in [0.1, 0.15) is 21.5 Å². The van der Waals surface area contributed by atoms with Gasteiger partial charge in [0.2, 0.25) is 16.2 Å². The Kier molecular flexibility index (Phi) is 15.3. The summed E-state index contributed by atoms with van der Waals surface area (Å²) in [6.45, 7) is 13.6. The Morgan fingerprint density at radius 2 is 1.05 bits per heavy atom. The van der Waals surface area contributed by atoms with Gasteiger partial charge in [-0.15, -0.1) is 20.4 Å². The number of unbranched alkanes of at least 4 members (excludes halogenated alkanes) is 2. The minimum absolute atomic E-state index is 0.0472. The van der Waals surface area contributed by atoms with Gasteiger partial charge in [-0.25, -0.2) is 0 Å². The number of anilines is 2. The molecular weight excluding hydrogens is 801 g/mol. The summed E-state index contributed by atoms with van der Waals surface area (Å²) in [4.78, 5) is 30.0. The zero-order valence-corrected chi connectivity index (χ0v) is 38.0. The van der Waals surface area contributed by atoms with Gasteiger partial charge >= 0.3 is 0 Å². The van der Waals surface area contributed by atoms with E-state index in [9.17, 15) is 9.59 Å². The van der Waals surface area contributed by atoms with Crippen molar-refractivity contribution in [3.05, 3.63) is 130 Å². The van der Waals surface area contributed by atoms with Crippen LogP contribution in [0.4, 0.5) is 10.3 Å². The summed E-state index contributed by atoms with van der Waals surface area (Å²) in [5.74, 6) is 1.78. The molecule has 2 heterocycles. The van der Waals surface area contributed by atoms with Gasteiger partial charge in [0.25, 0.3) is 5.91 Å². The molecule has 61 heavy (non-hydrogen) atoms. The van der Waals surface area contributed by atoms with Gasteiger partial charge in [-0.1, -0.05) is 110 Å². The van der Waals surface area contributed by atoms with E-state index in [0.29, 0.717) is 35.3 Å². The zero-order valence-electron chi connectivity index (χ0n) is 36.3. The lowest BCUT2D eigenvalue weighted by Gasteiger charge is -2.19. The zero-order chi connectivity index (χ0) is 43.5. The van der Waals surface area contributed by atoms with Crippen LogP contribution in [0.25, 0.3) is 31.9 Å². The van der Waals surface area contributed by atoms with Crippen molar-refractivity contribution in [2.75, 3.05) is 37.1 Å². The number of hydrogen-bond acceptors (Lipinski definition) is 10. The fourth-order valence-corrected chi connectivity index (χ4v) is 8.99. The summed E-state index contributed by atoms with van der Waals surface area (Å²) in [5.41, 5.74) is 7.86. The van der Waals surface area contributed by atoms with E-state index in [2.05, 4.69) is 58.5 Å². The number of hydrogen-bond donors (Lipinski definition) is 0. The molecule has 0 fully saturated rings. The lowest BCUT2D eigenvalue weighted by Crippen LogP contribution is -2.33. The summed E-state index contributed by atoms with van der Waals surface area (Å²) in [7, 11) is 3.37. The Balaban J connectivity index is 0.000000205. The van der Waals surface area contributed by atoms with Crippen LogP contribution in [0, 0.1) is 27.7 Å². The highest BCUT2D eigenvalue weighted by Crippen LogP contribution is 2.36. The van der Waals surface area contributed by atoms with Crippen molar-refractivity contribution in [1.82, 2.24) is 20.4 Å². The lowest BCUT2D eigenvalue weighted by atomic mass is 10.1. The molecule has 12 heteroatoms. The number of aryl methyl sites for hydroxylation is 4. The lowest BCUT2D eigenvalue weighted by molar-refractivity contribution is -0.118. The third-order valence-corrected chi connectivity index (χ3v) is 12.3. The maximum absolute atomic E-state index is 13.5. The third kappa shape index (κ3) is 10.9. The number of nitrogens with zero attached hydrogens (tertiary/aromatic N) is 6. The highest BCUT2D eigenvalue weighted by atomic mass is 32.1. The molecule has 316 valence electrons. The molecule has 5 aromatic carbocycles. The molecule has 0 bridgehead atoms. The van der Waals surface area contributed by atoms with Crippen molar-refractivity contribution >= 4 is 55.5 Å². The number of amides is 2. The van der Waals surface area contributed by atoms with Crippen LogP contribution in [0.1, 0.15) is 77.7 Å². The smallest absolute Gasteiger partial charge is 0.260 e. The maximum Gasteiger partial charge on any atom is 0.260 e. The summed E-state index contributed by atoms with van der Waals surface area (Å²) < 4.78 is 10.9. The Morgan fingerprint density at radius 1 is 0.574 bits per heavy atom. The highest BCUT2D eigenvalue weighted by Gasteiger charge is 2.24. The van der Waals surface area contributed by atoms with Crippen LogP contribution in [-0.4, -0.2) is 59.5 Å². The topological polar surface area (TPSA) is 111 Å². The van der Waals surface area contributed by atoms with Crippen LogP contribution in [0.5, 0.6) is 11.5 Å². The molecule has 2 amide bonds. The first-order valence-electron chi connectivity index (χ1n) is 20.7. The van der Waals surface area contributed by atoms with Crippen LogP contribution in [-0.2, 0) is 11.2 Å². The standard InChI is InChI=1S/C26H27N3O2S.C23H27N3O2S/c1-5-6-13-29(25(30)21-12-11-19-9-7-8-10-20(19)16-21)26-28-27-24(32-26)22-14-17(2)23(31-4)18(3)15-22;1-5-6-12-26(20(27)15-18-10-8-7-9-11-18)23-25-24-22(29-23)19-13-16(2)21(28-4)17(3)14-19/h7-12,14-16H,5-6,13H2,1-4H3;7-11,13-14H,5-6,12,15H2,1-4H3. The van der Waals surface area contributed by atoms with Gasteiger partial charge in [-0.3, -0.25) is 19.4 Å². The molecule has 0 aliphatic rings. The molecule has 0 aliphatic carbocycles. The molecular formula is C49H54N6O4S2. The van der Waals surface area contributed by atoms with Crippen LogP contribution >= 0.6 is 22.7 Å². The largest absolute Gasteiger partial charge is 0.496 e. The van der Waals surface area contributed by atoms with Gasteiger partial charge < -0.3 is 9.47 Å². The fourth-order valence-electron chi connectivity index (χ4n) is 7.26. The van der Waals surface area contributed by atoms with Gasteiger partial charge in [-0.2, -0.15) is 0 Å². The monoisotopic (exact) mass is 854 g/mol. The molecule has 2 aromatic heterocycles. The Morgan fingerprint density at radius 3 is 1.56 bits per heavy atom. The normalized spacial score (nSPS) is 10.9. The number of fused-ring (bicyclic) bond motifs is 1. The Labute approximate surface area is 367 Å². The van der Waals surface area contributed by atoms with Gasteiger partial charge in [-0.05, 0) is 116 Å². The van der Waals surface area contributed by atoms with Crippen LogP contribution in [0.15, 0.2) is 97.1 Å². The molecule has 0 radical (unpaired) electrons. The average Bonchev–Trinajstić information content (AvgIpc) is 3.96. The van der Waals surface area contributed by atoms with Crippen molar-refractivity contribution in [1.29, 1.82) is 0 Å². The molecule has 7 rings (SSSR count). The predicted molar refractivity (Wildman–Crippen MR) is 251 cm³/mol. The quantitative estimate of drug-likeness (QED) is 0.100. The summed E-state index contributed by atoms with van der Waals surface area (Å²) in [5, 5.41) is 22.6. The van der Waals surface area contributed by atoms with Gasteiger partial charge in [0.05, 0.1) is 20.6 Å². The first-order chi connectivity index (χ1) is 29.5. The van der Waals surface area contributed by atoms with Crippen molar-refractivity contribution in [3.8, 4) is 32.6 Å². The van der Waals surface area contributed by atoms with Crippen LogP contribution in [0.2, 0.25) is 0 Å². The van der Waals surface area contributed by atoms with E-state index in [4.69, 9.17) is 9.47 Å². The molecule has 7 aromatic rings. The second-order valence-corrected chi connectivity index (χ2v) is 16.9. The molecule has 0 unspecified atom stereocenters. The third-order valence-electron chi connectivity index (χ3n) is 10.3. The molecule has 0 spiro atoms. The number of carbonyl (C=O) groups is 2. The molecule has 10 nitrogen and oxygen atoms in total. The van der Waals surface area contributed by atoms with Crippen LogP contribution in [0.3, 0.4) is 0 Å². The number of benzene rings is 5. The highest BCUT2D eigenvalue weighted by molar-refractivity contribution is 7.19. The maximum atomic E-state index is 13.5. The summed E-state index contributed by atoms with van der Waals surface area (Å²) in [6.07, 6.45) is 4.19. The molecule has 0 atom stereocenters. The second-order valence-electron chi connectivity index (χ2n) is 15.0. The van der Waals surface area contributed by atoms with Crippen LogP contribution < -0.4 is 19.3 Å². The first-order valence-corrected chi connectivity index (χ1v) is 22.3. The fraction of sp³-hybridized carbons (Fsp3) is 0.306. The van der Waals surface area contributed by atoms with E-state index >= 15 is 0 Å². The van der Waals surface area contributed by atoms with Gasteiger partial charge in [0, 0.05) is 29.8 Å². The number of methoxy groups -OCH3 is 2. The molecule has 0 N–H and O–H groups in total. The minimum Gasteiger partial charge on any atom is -0.496 e. The van der Waals surface area contributed by atoms with Gasteiger partial charge in [0.15, 0.2) is 0 Å². The number of rotatable bonds is 15. The number of aromatic nitrogens is 4. The molecule has 0 saturated carbocycles. The van der Waals surface area contributed by atoms with E-state index in [-0.39, 0.29) is 11.8 Å². The Bertz CT molecular complexity index is 2540. The predicted octanol–water partition coefficient (Wildman–Crippen LogP) is 11.6. The van der Waals surface area contributed by atoms with E-state index in [1.54, 1.807) is 24.0 Å². The number of carbonyl (C=O) groups excluding carboxylic acids is 2. The first kappa shape index (κ1) is 44.6.